The van der Waals surface area contributed by atoms with E-state index in [4.69, 9.17) is 27.8 Å². The molecule has 0 bridgehead atoms. The van der Waals surface area contributed by atoms with Crippen molar-refractivity contribution in [2.24, 2.45) is 10.7 Å². The Morgan fingerprint density at radius 1 is 1.40 bits per heavy atom. The Balaban J connectivity index is 1.77. The van der Waals surface area contributed by atoms with Crippen molar-refractivity contribution in [1.82, 2.24) is 14.9 Å². The molecule has 5 N–H and O–H groups in total. The first kappa shape index (κ1) is 22.0. The van der Waals surface area contributed by atoms with Crippen molar-refractivity contribution in [3.8, 4) is 5.75 Å². The van der Waals surface area contributed by atoms with E-state index >= 15 is 0 Å². The van der Waals surface area contributed by atoms with E-state index in [1.165, 1.54) is 0 Å². The molecule has 0 radical (unpaired) electrons. The number of hydrogen-bond donors (Lipinski definition) is 3. The molecule has 1 saturated heterocycles. The summed E-state index contributed by atoms with van der Waals surface area (Å²) in [6, 6.07) is 9.39. The van der Waals surface area contributed by atoms with Gasteiger partial charge in [-0.3, -0.25) is 9.89 Å². The number of aromatic nitrogens is 2. The lowest BCUT2D eigenvalue weighted by Crippen LogP contribution is -2.27. The molecule has 2 aromatic rings. The van der Waals surface area contributed by atoms with Gasteiger partial charge in [-0.2, -0.15) is 0 Å². The number of β-amino-alcohol motifs (C(OH)–C–C–N with tert-alkyl or cyclic N) is 1. The van der Waals surface area contributed by atoms with E-state index < -0.39 is 0 Å². The largest absolute Gasteiger partial charge is 0.492 e. The Labute approximate surface area is 181 Å². The maximum absolute atomic E-state index is 9.65. The van der Waals surface area contributed by atoms with Gasteiger partial charge in [0.1, 0.15) is 17.5 Å². The monoisotopic (exact) mass is 430 g/mol. The number of likely N-dealkylation sites (tertiary alicyclic amines) is 1. The number of aliphatic hydroxyl groups is 1. The first-order valence-corrected chi connectivity index (χ1v) is 10.2. The summed E-state index contributed by atoms with van der Waals surface area (Å²) >= 11 is 6.00. The van der Waals surface area contributed by atoms with Crippen LogP contribution >= 0.6 is 11.6 Å². The van der Waals surface area contributed by atoms with Crippen LogP contribution in [0.3, 0.4) is 0 Å². The molecular weight excluding hydrogens is 404 g/mol. The van der Waals surface area contributed by atoms with Crippen LogP contribution in [0, 0.1) is 0 Å². The normalized spacial score (nSPS) is 18.0. The minimum Gasteiger partial charge on any atom is -0.492 e. The third-order valence-corrected chi connectivity index (χ3v) is 5.08. The quantitative estimate of drug-likeness (QED) is 0.430. The van der Waals surface area contributed by atoms with E-state index in [1.54, 1.807) is 19.3 Å². The smallest absolute Gasteiger partial charge is 0.222 e. The molecule has 3 rings (SSSR count). The van der Waals surface area contributed by atoms with Crippen LogP contribution in [0.2, 0.25) is 5.15 Å². The molecule has 1 aliphatic heterocycles. The Morgan fingerprint density at radius 2 is 2.20 bits per heavy atom. The van der Waals surface area contributed by atoms with Gasteiger partial charge < -0.3 is 21.3 Å². The zero-order chi connectivity index (χ0) is 21.5. The van der Waals surface area contributed by atoms with Crippen molar-refractivity contribution in [3.63, 3.8) is 0 Å². The Bertz CT molecular complexity index is 913. The summed E-state index contributed by atoms with van der Waals surface area (Å²) in [5.41, 5.74) is 14.7. The number of nitrogens with zero attached hydrogens (tertiary/aromatic N) is 4. The van der Waals surface area contributed by atoms with Gasteiger partial charge in [0, 0.05) is 45.4 Å². The third kappa shape index (κ3) is 5.91. The summed E-state index contributed by atoms with van der Waals surface area (Å²) in [7, 11) is 1.68. The topological polar surface area (TPSA) is 123 Å². The highest BCUT2D eigenvalue weighted by atomic mass is 35.5. The van der Waals surface area contributed by atoms with Gasteiger partial charge in [-0.1, -0.05) is 29.8 Å². The Hall–Kier alpha value is -2.68. The van der Waals surface area contributed by atoms with Crippen molar-refractivity contribution < 1.29 is 9.84 Å². The molecule has 1 aromatic carbocycles. The summed E-state index contributed by atoms with van der Waals surface area (Å²) in [6.45, 7) is 2.91. The fourth-order valence-electron chi connectivity index (χ4n) is 3.40. The predicted molar refractivity (Wildman–Crippen MR) is 120 cm³/mol. The fraction of sp³-hybridized carbons (Fsp3) is 0.381. The highest BCUT2D eigenvalue weighted by Crippen LogP contribution is 2.24. The first-order chi connectivity index (χ1) is 14.5. The molecule has 9 heteroatoms. The van der Waals surface area contributed by atoms with Gasteiger partial charge in [0.25, 0.3) is 0 Å². The molecular formula is C21H27ClN6O2. The van der Waals surface area contributed by atoms with Crippen LogP contribution in [0.1, 0.15) is 17.7 Å². The maximum Gasteiger partial charge on any atom is 0.222 e. The second-order valence-corrected chi connectivity index (χ2v) is 7.52. The van der Waals surface area contributed by atoms with Gasteiger partial charge in [0.15, 0.2) is 0 Å². The van der Waals surface area contributed by atoms with Crippen molar-refractivity contribution in [2.75, 3.05) is 39.0 Å². The van der Waals surface area contributed by atoms with Gasteiger partial charge in [0.05, 0.1) is 17.5 Å². The standard InChI is InChI=1S/C21H27ClN6O2/c1-25-12-15(20(23)17-11-19(22)27-21(24)26-17)10-14-4-2-3-5-18(14)30-9-8-28-7-6-16(29)13-28/h2-5,11-12,16,29H,6-10,13,23H2,1H3,(H2,24,26,27)/b20-15-,25-12?. The van der Waals surface area contributed by atoms with Crippen LogP contribution < -0.4 is 16.2 Å². The van der Waals surface area contributed by atoms with Crippen molar-refractivity contribution in [2.45, 2.75) is 18.9 Å². The van der Waals surface area contributed by atoms with Gasteiger partial charge in [-0.05, 0) is 23.6 Å². The van der Waals surface area contributed by atoms with Gasteiger partial charge >= 0.3 is 0 Å². The molecule has 1 unspecified atom stereocenters. The molecule has 1 fully saturated rings. The molecule has 2 heterocycles. The average Bonchev–Trinajstić information content (AvgIpc) is 3.12. The number of nitrogens with two attached hydrogens (primary N) is 2. The van der Waals surface area contributed by atoms with E-state index in [-0.39, 0.29) is 17.2 Å². The summed E-state index contributed by atoms with van der Waals surface area (Å²) in [5, 5.41) is 9.88. The molecule has 1 aromatic heterocycles. The number of hydrogen-bond acceptors (Lipinski definition) is 8. The number of aliphatic imine (C=N–C) groups is 1. The summed E-state index contributed by atoms with van der Waals surface area (Å²) in [6.07, 6.45) is 2.79. The minimum atomic E-state index is -0.231. The molecule has 0 amide bonds. The van der Waals surface area contributed by atoms with Gasteiger partial charge in [-0.15, -0.1) is 0 Å². The Morgan fingerprint density at radius 3 is 2.90 bits per heavy atom. The second-order valence-electron chi connectivity index (χ2n) is 7.14. The zero-order valence-electron chi connectivity index (χ0n) is 17.0. The van der Waals surface area contributed by atoms with Crippen molar-refractivity contribution >= 4 is 29.5 Å². The van der Waals surface area contributed by atoms with E-state index in [1.807, 2.05) is 24.3 Å². The number of allylic oxidation sites excluding steroid dienone is 1. The van der Waals surface area contributed by atoms with E-state index in [9.17, 15) is 5.11 Å². The van der Waals surface area contributed by atoms with Crippen LogP contribution in [0.5, 0.6) is 5.75 Å². The number of aliphatic hydroxyl groups excluding tert-OH is 1. The molecule has 30 heavy (non-hydrogen) atoms. The maximum atomic E-state index is 9.65. The third-order valence-electron chi connectivity index (χ3n) is 4.89. The number of halogens is 1. The first-order valence-electron chi connectivity index (χ1n) is 9.78. The lowest BCUT2D eigenvalue weighted by atomic mass is 10.0. The summed E-state index contributed by atoms with van der Waals surface area (Å²) in [4.78, 5) is 14.4. The number of nitrogen functional groups attached to an aromatic ring is 1. The zero-order valence-corrected chi connectivity index (χ0v) is 17.7. The lowest BCUT2D eigenvalue weighted by molar-refractivity contribution is 0.167. The van der Waals surface area contributed by atoms with Gasteiger partial charge in [-0.25, -0.2) is 9.97 Å². The number of ether oxygens (including phenoxy) is 1. The number of benzene rings is 1. The van der Waals surface area contributed by atoms with E-state index in [0.29, 0.717) is 31.0 Å². The summed E-state index contributed by atoms with van der Waals surface area (Å²) < 4.78 is 6.04. The molecule has 0 saturated carbocycles. The van der Waals surface area contributed by atoms with Crippen molar-refractivity contribution in [1.29, 1.82) is 0 Å². The molecule has 0 spiro atoms. The van der Waals surface area contributed by atoms with Crippen LogP contribution in [0.4, 0.5) is 5.95 Å². The van der Waals surface area contributed by atoms with Crippen molar-refractivity contribution in [3.05, 3.63) is 52.3 Å². The number of rotatable bonds is 8. The van der Waals surface area contributed by atoms with Crippen LogP contribution in [0.25, 0.3) is 5.70 Å². The molecule has 1 aliphatic rings. The molecule has 8 nitrogen and oxygen atoms in total. The van der Waals surface area contributed by atoms with E-state index in [2.05, 4.69) is 19.9 Å². The minimum absolute atomic E-state index is 0.0593. The lowest BCUT2D eigenvalue weighted by Gasteiger charge is -2.17. The SMILES string of the molecule is CN=C/C(Cc1ccccc1OCCN1CCC(O)C1)=C(\N)c1cc(Cl)nc(N)n1. The molecule has 160 valence electrons. The molecule has 0 aliphatic carbocycles. The highest BCUT2D eigenvalue weighted by molar-refractivity contribution is 6.29. The number of anilines is 1. The highest BCUT2D eigenvalue weighted by Gasteiger charge is 2.19. The fourth-order valence-corrected chi connectivity index (χ4v) is 3.59. The summed E-state index contributed by atoms with van der Waals surface area (Å²) in [5.74, 6) is 0.844. The van der Waals surface area contributed by atoms with Crippen LogP contribution in [-0.2, 0) is 6.42 Å². The Kier molecular flexibility index (Phi) is 7.62. The predicted octanol–water partition coefficient (Wildman–Crippen LogP) is 1.77. The second kappa shape index (κ2) is 10.4. The van der Waals surface area contributed by atoms with Crippen LogP contribution in [-0.4, -0.2) is 65.6 Å². The number of para-hydroxylation sites is 1. The van der Waals surface area contributed by atoms with Crippen LogP contribution in [0.15, 0.2) is 40.9 Å². The molecule has 1 atom stereocenters. The van der Waals surface area contributed by atoms with E-state index in [0.717, 1.165) is 36.4 Å². The average molecular weight is 431 g/mol. The van der Waals surface area contributed by atoms with Gasteiger partial charge in [0.2, 0.25) is 5.95 Å².